The fourth-order valence-electron chi connectivity index (χ4n) is 5.05. The molecule has 15 nitrogen and oxygen atoms in total. The zero-order valence-corrected chi connectivity index (χ0v) is 29.7. The standard InChI is InChI=1S/C18H21ClN4O4S.C11H7Cl2N3O4S.4H2/c1-11-9-18(2,3)23(10-11)15-12(6-7-14(19)21-15)16(24)22-28(26,27)13-5-4-8-20-17(13)25;12-8-4-3-6(9(13)15-8)10(17)16-21(19,20)7-2-1-5-14-11(7)18;;;;/h4-8,11H,9-10H2,1-3H3,(H,20,25)(H,22,24);1-5H,(H,14,18)(H,16,17);4*1H/t11-;;;;;/m0...../s1. The molecule has 1 saturated heterocycles. The SMILES string of the molecule is C[C@@H]1CN(c2nc(Cl)ccc2C(=O)NS(=O)(=O)c2ccc[nH]c2=O)C(C)(C)C1.O=C(NS(=O)(=O)c1ccc[nH]c1=O)c1ccc(Cl)nc1Cl.[HH].[HH].[HH].[HH]. The third kappa shape index (κ3) is 8.85. The lowest BCUT2D eigenvalue weighted by atomic mass is 9.97. The number of nitrogens with zero attached hydrogens (tertiary/aromatic N) is 3. The summed E-state index contributed by atoms with van der Waals surface area (Å²) in [5.41, 5.74) is -2.05. The maximum absolute atomic E-state index is 12.8. The van der Waals surface area contributed by atoms with Crippen molar-refractivity contribution in [3.05, 3.63) is 108 Å². The van der Waals surface area contributed by atoms with E-state index in [-0.39, 0.29) is 37.8 Å². The molecule has 0 aromatic carbocycles. The Balaban J connectivity index is 0.000000981. The Hall–Kier alpha value is -4.29. The Morgan fingerprint density at radius 1 is 0.816 bits per heavy atom. The maximum atomic E-state index is 12.8. The highest BCUT2D eigenvalue weighted by Gasteiger charge is 2.39. The van der Waals surface area contributed by atoms with Gasteiger partial charge in [0.15, 0.2) is 9.79 Å². The van der Waals surface area contributed by atoms with E-state index in [1.165, 1.54) is 48.8 Å². The summed E-state index contributed by atoms with van der Waals surface area (Å²) in [6.45, 7) is 6.81. The summed E-state index contributed by atoms with van der Waals surface area (Å²) in [5, 5.41) is 0.000320. The van der Waals surface area contributed by atoms with Gasteiger partial charge in [-0.05, 0) is 74.7 Å². The summed E-state index contributed by atoms with van der Waals surface area (Å²) in [6, 6.07) is 10.2. The number of sulfonamides is 2. The first-order valence-electron chi connectivity index (χ1n) is 14.1. The van der Waals surface area contributed by atoms with Crippen LogP contribution in [0.1, 0.15) is 53.6 Å². The number of carbonyl (C=O) groups excluding carboxylic acids is 2. The Kier molecular flexibility index (Phi) is 11.2. The van der Waals surface area contributed by atoms with Crippen molar-refractivity contribution in [1.82, 2.24) is 29.4 Å². The van der Waals surface area contributed by atoms with Gasteiger partial charge in [-0.25, -0.2) is 36.2 Å². The van der Waals surface area contributed by atoms with E-state index in [9.17, 15) is 36.0 Å². The van der Waals surface area contributed by atoms with Gasteiger partial charge in [0.25, 0.3) is 43.0 Å². The van der Waals surface area contributed by atoms with Crippen molar-refractivity contribution in [2.24, 2.45) is 5.92 Å². The quantitative estimate of drug-likeness (QED) is 0.193. The number of nitrogens with one attached hydrogen (secondary N) is 4. The molecule has 49 heavy (non-hydrogen) atoms. The molecule has 0 spiro atoms. The monoisotopic (exact) mass is 779 g/mol. The van der Waals surface area contributed by atoms with E-state index >= 15 is 0 Å². The third-order valence-corrected chi connectivity index (χ3v) is 10.5. The molecule has 5 heterocycles. The smallest absolute Gasteiger partial charge is 0.269 e. The topological polar surface area (TPSA) is 221 Å². The Labute approximate surface area is 301 Å². The predicted octanol–water partition coefficient (Wildman–Crippen LogP) is 4.35. The first-order valence-corrected chi connectivity index (χ1v) is 18.2. The van der Waals surface area contributed by atoms with Crippen LogP contribution in [0.3, 0.4) is 0 Å². The molecular weight excluding hydrogens is 745 g/mol. The second-order valence-corrected chi connectivity index (χ2v) is 15.7. The molecule has 1 aliphatic heterocycles. The summed E-state index contributed by atoms with van der Waals surface area (Å²) in [7, 11) is -8.68. The number of aromatic amines is 2. The molecule has 1 atom stereocenters. The normalized spacial score (nSPS) is 15.6. The van der Waals surface area contributed by atoms with Crippen LogP contribution in [0.15, 0.2) is 80.3 Å². The van der Waals surface area contributed by atoms with Crippen molar-refractivity contribution in [1.29, 1.82) is 0 Å². The first-order chi connectivity index (χ1) is 22.8. The van der Waals surface area contributed by atoms with Crippen molar-refractivity contribution in [2.75, 3.05) is 11.4 Å². The average Bonchev–Trinajstić information content (AvgIpc) is 3.28. The summed E-state index contributed by atoms with van der Waals surface area (Å²) < 4.78 is 52.6. The number of carbonyl (C=O) groups is 2. The van der Waals surface area contributed by atoms with Crippen molar-refractivity contribution < 1.29 is 32.1 Å². The van der Waals surface area contributed by atoms with Crippen LogP contribution in [0.4, 0.5) is 5.82 Å². The number of pyridine rings is 4. The van der Waals surface area contributed by atoms with Gasteiger partial charge in [0.1, 0.15) is 21.3 Å². The van der Waals surface area contributed by atoms with E-state index in [1.807, 2.05) is 23.5 Å². The predicted molar refractivity (Wildman–Crippen MR) is 191 cm³/mol. The van der Waals surface area contributed by atoms with Crippen LogP contribution in [0, 0.1) is 5.92 Å². The van der Waals surface area contributed by atoms with Gasteiger partial charge in [-0.15, -0.1) is 0 Å². The van der Waals surface area contributed by atoms with E-state index in [0.717, 1.165) is 18.6 Å². The Morgan fingerprint density at radius 2 is 1.29 bits per heavy atom. The van der Waals surface area contributed by atoms with Gasteiger partial charge in [-0.2, -0.15) is 0 Å². The van der Waals surface area contributed by atoms with Gasteiger partial charge in [0, 0.05) is 30.2 Å². The summed E-state index contributed by atoms with van der Waals surface area (Å²) in [5.74, 6) is -1.21. The van der Waals surface area contributed by atoms with E-state index in [0.29, 0.717) is 18.3 Å². The van der Waals surface area contributed by atoms with Gasteiger partial charge in [-0.1, -0.05) is 41.7 Å². The molecule has 4 aromatic rings. The summed E-state index contributed by atoms with van der Waals surface area (Å²) in [6.07, 6.45) is 3.46. The van der Waals surface area contributed by atoms with Crippen molar-refractivity contribution in [3.63, 3.8) is 0 Å². The minimum absolute atomic E-state index is 0. The van der Waals surface area contributed by atoms with Crippen LogP contribution in [0.2, 0.25) is 15.5 Å². The van der Waals surface area contributed by atoms with Gasteiger partial charge in [0.2, 0.25) is 0 Å². The number of H-pyrrole nitrogens is 2. The molecule has 1 aliphatic rings. The average molecular weight is 781 g/mol. The zero-order valence-electron chi connectivity index (χ0n) is 25.8. The number of amides is 2. The summed E-state index contributed by atoms with van der Waals surface area (Å²) in [4.78, 5) is 61.2. The first kappa shape index (κ1) is 37.5. The molecule has 0 saturated carbocycles. The van der Waals surface area contributed by atoms with Crippen LogP contribution in [-0.4, -0.2) is 60.7 Å². The Bertz CT molecular complexity index is 2280. The largest absolute Gasteiger partial charge is 0.351 e. The highest BCUT2D eigenvalue weighted by molar-refractivity contribution is 7.90. The molecule has 5 rings (SSSR count). The van der Waals surface area contributed by atoms with E-state index in [2.05, 4.69) is 26.9 Å². The summed E-state index contributed by atoms with van der Waals surface area (Å²) >= 11 is 17.3. The molecule has 0 aliphatic carbocycles. The number of hydrogen-bond donors (Lipinski definition) is 4. The van der Waals surface area contributed by atoms with Gasteiger partial charge >= 0.3 is 0 Å². The number of hydrogen-bond acceptors (Lipinski definition) is 11. The molecular formula is C29H36Cl3N7O8S2. The zero-order chi connectivity index (χ0) is 36.3. The van der Waals surface area contributed by atoms with Gasteiger partial charge in [0.05, 0.1) is 11.1 Å². The van der Waals surface area contributed by atoms with E-state index in [1.54, 1.807) is 4.72 Å². The van der Waals surface area contributed by atoms with Gasteiger partial charge < -0.3 is 14.9 Å². The van der Waals surface area contributed by atoms with Crippen LogP contribution in [-0.2, 0) is 20.0 Å². The molecule has 4 N–H and O–H groups in total. The van der Waals surface area contributed by atoms with Crippen LogP contribution in [0.25, 0.3) is 0 Å². The fraction of sp³-hybridized carbons (Fsp3) is 0.241. The highest BCUT2D eigenvalue weighted by atomic mass is 35.5. The second kappa shape index (κ2) is 14.7. The minimum Gasteiger partial charge on any atom is -0.351 e. The number of rotatable bonds is 7. The molecule has 1 fully saturated rings. The molecule has 0 unspecified atom stereocenters. The highest BCUT2D eigenvalue weighted by Crippen LogP contribution is 2.37. The minimum atomic E-state index is -4.35. The van der Waals surface area contributed by atoms with Crippen molar-refractivity contribution in [3.8, 4) is 0 Å². The third-order valence-electron chi connectivity index (χ3n) is 7.07. The molecule has 0 radical (unpaired) electrons. The number of anilines is 1. The van der Waals surface area contributed by atoms with Crippen LogP contribution >= 0.6 is 34.8 Å². The number of aromatic nitrogens is 4. The molecule has 268 valence electrons. The molecule has 0 bridgehead atoms. The molecule has 2 amide bonds. The lowest BCUT2D eigenvalue weighted by Gasteiger charge is -2.33. The van der Waals surface area contributed by atoms with E-state index < -0.39 is 52.8 Å². The van der Waals surface area contributed by atoms with Crippen molar-refractivity contribution in [2.45, 2.75) is 42.5 Å². The Morgan fingerprint density at radius 3 is 1.73 bits per heavy atom. The van der Waals surface area contributed by atoms with Crippen molar-refractivity contribution >= 4 is 72.5 Å². The lowest BCUT2D eigenvalue weighted by Crippen LogP contribution is -2.41. The molecule has 4 aromatic heterocycles. The molecule has 20 heteroatoms. The number of halogens is 3. The van der Waals surface area contributed by atoms with Crippen LogP contribution < -0.4 is 25.5 Å². The van der Waals surface area contributed by atoms with Gasteiger partial charge in [-0.3, -0.25) is 19.2 Å². The fourth-order valence-corrected chi connectivity index (χ4v) is 7.67. The second-order valence-electron chi connectivity index (χ2n) is 11.3. The van der Waals surface area contributed by atoms with E-state index in [4.69, 9.17) is 34.8 Å². The van der Waals surface area contributed by atoms with Crippen LogP contribution in [0.5, 0.6) is 0 Å². The maximum Gasteiger partial charge on any atom is 0.269 e. The lowest BCUT2D eigenvalue weighted by molar-refractivity contribution is 0.0972.